The van der Waals surface area contributed by atoms with Crippen molar-refractivity contribution in [1.82, 2.24) is 10.2 Å². The zero-order valence-corrected chi connectivity index (χ0v) is 13.2. The van der Waals surface area contributed by atoms with Gasteiger partial charge in [0.1, 0.15) is 0 Å². The molecule has 1 heterocycles. The van der Waals surface area contributed by atoms with Crippen molar-refractivity contribution in [1.29, 1.82) is 0 Å². The number of nitrogens with zero attached hydrogens (tertiary/aromatic N) is 1. The Morgan fingerprint density at radius 2 is 2.20 bits per heavy atom. The van der Waals surface area contributed by atoms with E-state index in [1.807, 2.05) is 0 Å². The van der Waals surface area contributed by atoms with Gasteiger partial charge >= 0.3 is 0 Å². The van der Waals surface area contributed by atoms with Crippen LogP contribution in [0.2, 0.25) is 0 Å². The summed E-state index contributed by atoms with van der Waals surface area (Å²) < 4.78 is 5.94. The monoisotopic (exact) mass is 284 g/mol. The van der Waals surface area contributed by atoms with E-state index >= 15 is 0 Å². The predicted octanol–water partition coefficient (Wildman–Crippen LogP) is 1.77. The molecular formula is C16H32N2O2. The fraction of sp³-hybridized carbons (Fsp3) is 1.00. The Morgan fingerprint density at radius 1 is 1.35 bits per heavy atom. The van der Waals surface area contributed by atoms with E-state index in [1.165, 1.54) is 25.8 Å². The van der Waals surface area contributed by atoms with Crippen LogP contribution in [-0.4, -0.2) is 60.5 Å². The Morgan fingerprint density at radius 3 is 2.90 bits per heavy atom. The van der Waals surface area contributed by atoms with Gasteiger partial charge in [-0.15, -0.1) is 0 Å². The predicted molar refractivity (Wildman–Crippen MR) is 82.0 cm³/mol. The number of aliphatic hydroxyl groups is 1. The highest BCUT2D eigenvalue weighted by Crippen LogP contribution is 2.34. The van der Waals surface area contributed by atoms with Crippen LogP contribution in [0.5, 0.6) is 0 Å². The molecule has 1 aliphatic heterocycles. The topological polar surface area (TPSA) is 44.7 Å². The van der Waals surface area contributed by atoms with Crippen molar-refractivity contribution in [3.63, 3.8) is 0 Å². The molecule has 0 bridgehead atoms. The van der Waals surface area contributed by atoms with Gasteiger partial charge in [0.2, 0.25) is 0 Å². The van der Waals surface area contributed by atoms with E-state index in [0.29, 0.717) is 12.1 Å². The van der Waals surface area contributed by atoms with Gasteiger partial charge in [-0.05, 0) is 51.6 Å². The normalized spacial score (nSPS) is 35.5. The lowest BCUT2D eigenvalue weighted by Crippen LogP contribution is -2.49. The molecule has 2 fully saturated rings. The van der Waals surface area contributed by atoms with Gasteiger partial charge in [0.05, 0.1) is 12.7 Å². The number of nitrogens with one attached hydrogen (secondary N) is 1. The number of hydrogen-bond donors (Lipinski definition) is 2. The lowest BCUT2D eigenvalue weighted by atomic mass is 9.97. The third kappa shape index (κ3) is 3.94. The van der Waals surface area contributed by atoms with Crippen LogP contribution in [0.1, 0.15) is 52.4 Å². The molecule has 0 aromatic carbocycles. The molecule has 2 N–H and O–H groups in total. The molecule has 2 rings (SSSR count). The van der Waals surface area contributed by atoms with E-state index in [4.69, 9.17) is 4.74 Å². The summed E-state index contributed by atoms with van der Waals surface area (Å²) in [5.41, 5.74) is -0.0311. The number of likely N-dealkylation sites (tertiary alicyclic amines) is 1. The van der Waals surface area contributed by atoms with E-state index in [0.717, 1.165) is 39.0 Å². The summed E-state index contributed by atoms with van der Waals surface area (Å²) in [6.45, 7) is 8.67. The SMILES string of the molecule is CCCOC1CCCN(C2CCC(CO)(NCC)C2)C1. The number of hydrogen-bond acceptors (Lipinski definition) is 4. The van der Waals surface area contributed by atoms with Crippen molar-refractivity contribution >= 4 is 0 Å². The molecule has 3 unspecified atom stereocenters. The molecule has 1 saturated heterocycles. The average molecular weight is 284 g/mol. The van der Waals surface area contributed by atoms with Gasteiger partial charge < -0.3 is 15.2 Å². The molecule has 2 aliphatic rings. The van der Waals surface area contributed by atoms with Crippen molar-refractivity contribution in [2.45, 2.75) is 70.1 Å². The Hall–Kier alpha value is -0.160. The molecule has 1 saturated carbocycles. The van der Waals surface area contributed by atoms with Crippen molar-refractivity contribution in [2.24, 2.45) is 0 Å². The van der Waals surface area contributed by atoms with Gasteiger partial charge in [0, 0.05) is 24.7 Å². The minimum Gasteiger partial charge on any atom is -0.394 e. The number of ether oxygens (including phenoxy) is 1. The molecule has 4 heteroatoms. The fourth-order valence-electron chi connectivity index (χ4n) is 3.86. The molecule has 0 radical (unpaired) electrons. The Balaban J connectivity index is 1.85. The van der Waals surface area contributed by atoms with Crippen LogP contribution in [0.4, 0.5) is 0 Å². The van der Waals surface area contributed by atoms with Crippen LogP contribution in [0.15, 0.2) is 0 Å². The molecule has 1 aliphatic carbocycles. The van der Waals surface area contributed by atoms with E-state index in [2.05, 4.69) is 24.1 Å². The lowest BCUT2D eigenvalue weighted by Gasteiger charge is -2.37. The quantitative estimate of drug-likeness (QED) is 0.748. The third-order valence-electron chi connectivity index (χ3n) is 4.92. The number of likely N-dealkylation sites (N-methyl/N-ethyl adjacent to an activating group) is 1. The summed E-state index contributed by atoms with van der Waals surface area (Å²) in [7, 11) is 0. The second-order valence-corrected chi connectivity index (χ2v) is 6.50. The summed E-state index contributed by atoms with van der Waals surface area (Å²) in [6, 6.07) is 0.620. The van der Waals surface area contributed by atoms with E-state index in [-0.39, 0.29) is 12.1 Å². The maximum Gasteiger partial charge on any atom is 0.0702 e. The highest BCUT2D eigenvalue weighted by atomic mass is 16.5. The highest BCUT2D eigenvalue weighted by molar-refractivity contribution is 5.00. The summed E-state index contributed by atoms with van der Waals surface area (Å²) in [5.74, 6) is 0. The van der Waals surface area contributed by atoms with Crippen molar-refractivity contribution < 1.29 is 9.84 Å². The van der Waals surface area contributed by atoms with E-state index in [1.54, 1.807) is 0 Å². The second-order valence-electron chi connectivity index (χ2n) is 6.50. The number of aliphatic hydroxyl groups excluding tert-OH is 1. The van der Waals surface area contributed by atoms with Gasteiger partial charge in [-0.3, -0.25) is 4.90 Å². The molecular weight excluding hydrogens is 252 g/mol. The molecule has 4 nitrogen and oxygen atoms in total. The van der Waals surface area contributed by atoms with Crippen LogP contribution in [-0.2, 0) is 4.74 Å². The first-order valence-corrected chi connectivity index (χ1v) is 8.44. The van der Waals surface area contributed by atoms with Crippen LogP contribution in [0.3, 0.4) is 0 Å². The first-order valence-electron chi connectivity index (χ1n) is 8.44. The lowest BCUT2D eigenvalue weighted by molar-refractivity contribution is -0.0131. The van der Waals surface area contributed by atoms with Crippen molar-refractivity contribution in [3.05, 3.63) is 0 Å². The number of piperidine rings is 1. The third-order valence-corrected chi connectivity index (χ3v) is 4.92. The smallest absolute Gasteiger partial charge is 0.0702 e. The standard InChI is InChI=1S/C16H32N2O2/c1-3-10-20-15-6-5-9-18(12-15)14-7-8-16(11-14,13-19)17-4-2/h14-15,17,19H,3-13H2,1-2H3. The van der Waals surface area contributed by atoms with Crippen LogP contribution in [0, 0.1) is 0 Å². The zero-order valence-electron chi connectivity index (χ0n) is 13.2. The van der Waals surface area contributed by atoms with E-state index < -0.39 is 0 Å². The minimum absolute atomic E-state index is 0.0311. The highest BCUT2D eigenvalue weighted by Gasteiger charge is 2.41. The average Bonchev–Trinajstić information content (AvgIpc) is 2.91. The van der Waals surface area contributed by atoms with E-state index in [9.17, 15) is 5.11 Å². The van der Waals surface area contributed by atoms with Gasteiger partial charge in [-0.1, -0.05) is 13.8 Å². The van der Waals surface area contributed by atoms with Crippen LogP contribution in [0.25, 0.3) is 0 Å². The molecule has 3 atom stereocenters. The van der Waals surface area contributed by atoms with Gasteiger partial charge in [0.25, 0.3) is 0 Å². The Labute approximate surface area is 123 Å². The van der Waals surface area contributed by atoms with Crippen LogP contribution >= 0.6 is 0 Å². The van der Waals surface area contributed by atoms with Gasteiger partial charge in [-0.2, -0.15) is 0 Å². The van der Waals surface area contributed by atoms with Gasteiger partial charge in [0.15, 0.2) is 0 Å². The second kappa shape index (κ2) is 7.74. The Bertz CT molecular complexity index is 288. The molecule has 0 aromatic heterocycles. The zero-order chi connectivity index (χ0) is 14.4. The molecule has 0 amide bonds. The maximum atomic E-state index is 9.73. The van der Waals surface area contributed by atoms with Gasteiger partial charge in [-0.25, -0.2) is 0 Å². The van der Waals surface area contributed by atoms with Crippen molar-refractivity contribution in [3.8, 4) is 0 Å². The molecule has 118 valence electrons. The first kappa shape index (κ1) is 16.2. The summed E-state index contributed by atoms with van der Waals surface area (Å²) in [4.78, 5) is 2.61. The number of rotatable bonds is 7. The summed E-state index contributed by atoms with van der Waals surface area (Å²) >= 11 is 0. The largest absolute Gasteiger partial charge is 0.394 e. The van der Waals surface area contributed by atoms with Crippen LogP contribution < -0.4 is 5.32 Å². The van der Waals surface area contributed by atoms with Crippen molar-refractivity contribution in [2.75, 3.05) is 32.8 Å². The molecule has 20 heavy (non-hydrogen) atoms. The Kier molecular flexibility index (Phi) is 6.27. The summed E-state index contributed by atoms with van der Waals surface area (Å²) in [5, 5.41) is 13.2. The molecule has 0 aromatic rings. The summed E-state index contributed by atoms with van der Waals surface area (Å²) in [6.07, 6.45) is 7.37. The fourth-order valence-corrected chi connectivity index (χ4v) is 3.86. The first-order chi connectivity index (χ1) is 9.73. The molecule has 0 spiro atoms. The minimum atomic E-state index is -0.0311. The maximum absolute atomic E-state index is 9.73.